The molecule has 0 N–H and O–H groups in total. The third-order valence-corrected chi connectivity index (χ3v) is 4.30. The van der Waals surface area contributed by atoms with Crippen molar-refractivity contribution < 1.29 is 13.9 Å². The minimum atomic E-state index is -0.290. The molecule has 124 valence electrons. The van der Waals surface area contributed by atoms with E-state index in [1.807, 2.05) is 6.07 Å². The first kappa shape index (κ1) is 16.2. The molecule has 1 aliphatic heterocycles. The van der Waals surface area contributed by atoms with Crippen molar-refractivity contribution in [1.29, 1.82) is 0 Å². The topological polar surface area (TPSA) is 29.5 Å². The fourth-order valence-electron chi connectivity index (χ4n) is 2.96. The largest absolute Gasteiger partial charge is 0.457 e. The zero-order chi connectivity index (χ0) is 17.1. The van der Waals surface area contributed by atoms with Gasteiger partial charge in [-0.3, -0.25) is 4.79 Å². The highest BCUT2D eigenvalue weighted by atomic mass is 19.1. The van der Waals surface area contributed by atoms with Crippen molar-refractivity contribution in [3.05, 3.63) is 71.6 Å². The minimum Gasteiger partial charge on any atom is -0.457 e. The van der Waals surface area contributed by atoms with Gasteiger partial charge in [0.15, 0.2) is 0 Å². The Morgan fingerprint density at radius 2 is 2.04 bits per heavy atom. The van der Waals surface area contributed by atoms with Gasteiger partial charge >= 0.3 is 0 Å². The number of carbonyl (C=O) groups excluding carboxylic acids is 1. The first-order valence-corrected chi connectivity index (χ1v) is 8.10. The van der Waals surface area contributed by atoms with Crippen molar-refractivity contribution in [2.75, 3.05) is 6.54 Å². The maximum Gasteiger partial charge on any atom is 0.246 e. The first-order chi connectivity index (χ1) is 11.6. The number of benzene rings is 2. The fourth-order valence-corrected chi connectivity index (χ4v) is 2.96. The van der Waals surface area contributed by atoms with Crippen LogP contribution in [0, 0.1) is 5.82 Å². The van der Waals surface area contributed by atoms with E-state index in [-0.39, 0.29) is 11.7 Å². The van der Waals surface area contributed by atoms with Crippen molar-refractivity contribution in [3.63, 3.8) is 0 Å². The van der Waals surface area contributed by atoms with Crippen molar-refractivity contribution in [2.45, 2.75) is 26.3 Å². The average molecular weight is 325 g/mol. The van der Waals surface area contributed by atoms with Crippen molar-refractivity contribution in [2.24, 2.45) is 0 Å². The molecule has 1 aliphatic rings. The molecule has 2 aromatic rings. The van der Waals surface area contributed by atoms with E-state index in [1.165, 1.54) is 23.8 Å². The molecule has 0 aromatic heterocycles. The van der Waals surface area contributed by atoms with Gasteiger partial charge in [0.2, 0.25) is 5.91 Å². The van der Waals surface area contributed by atoms with Crippen LogP contribution in [0.5, 0.6) is 11.5 Å². The molecule has 24 heavy (non-hydrogen) atoms. The third-order valence-electron chi connectivity index (χ3n) is 4.30. The number of amides is 1. The number of aryl methyl sites for hydroxylation is 1. The van der Waals surface area contributed by atoms with Gasteiger partial charge in [0.25, 0.3) is 0 Å². The van der Waals surface area contributed by atoms with Crippen LogP contribution in [-0.2, 0) is 24.2 Å². The molecule has 0 spiro atoms. The van der Waals surface area contributed by atoms with Crippen LogP contribution < -0.4 is 4.74 Å². The molecule has 0 radical (unpaired) electrons. The second kappa shape index (κ2) is 6.87. The summed E-state index contributed by atoms with van der Waals surface area (Å²) < 4.78 is 19.0. The Bertz CT molecular complexity index is 768. The molecule has 0 bridgehead atoms. The summed E-state index contributed by atoms with van der Waals surface area (Å²) in [6.07, 6.45) is 3.03. The van der Waals surface area contributed by atoms with E-state index in [1.54, 1.807) is 17.0 Å². The lowest BCUT2D eigenvalue weighted by molar-refractivity contribution is -0.126. The number of rotatable bonds is 4. The standard InChI is InChI=1S/C20H20FNO2/c1-3-14-11-15-9-10-22(20(23)4-2)13-16(15)12-19(14)24-18-7-5-17(21)6-8-18/h4-8,11-12H,2-3,9-10,13H2,1H3. The quantitative estimate of drug-likeness (QED) is 0.787. The lowest BCUT2D eigenvalue weighted by Gasteiger charge is -2.29. The van der Waals surface area contributed by atoms with Gasteiger partial charge in [0, 0.05) is 13.1 Å². The smallest absolute Gasteiger partial charge is 0.246 e. The second-order valence-corrected chi connectivity index (χ2v) is 5.85. The fraction of sp³-hybridized carbons (Fsp3) is 0.250. The van der Waals surface area contributed by atoms with E-state index in [0.29, 0.717) is 18.8 Å². The summed E-state index contributed by atoms with van der Waals surface area (Å²) >= 11 is 0. The van der Waals surface area contributed by atoms with Crippen LogP contribution in [0.1, 0.15) is 23.6 Å². The number of fused-ring (bicyclic) bond motifs is 1. The summed E-state index contributed by atoms with van der Waals surface area (Å²) in [7, 11) is 0. The van der Waals surface area contributed by atoms with E-state index in [0.717, 1.165) is 29.7 Å². The summed E-state index contributed by atoms with van der Waals surface area (Å²) in [5.41, 5.74) is 3.46. The van der Waals surface area contributed by atoms with E-state index in [2.05, 4.69) is 19.6 Å². The second-order valence-electron chi connectivity index (χ2n) is 5.85. The number of nitrogens with zero attached hydrogens (tertiary/aromatic N) is 1. The van der Waals surface area contributed by atoms with Gasteiger partial charge in [-0.25, -0.2) is 4.39 Å². The van der Waals surface area contributed by atoms with Crippen LogP contribution >= 0.6 is 0 Å². The Hall–Kier alpha value is -2.62. The monoisotopic (exact) mass is 325 g/mol. The first-order valence-electron chi connectivity index (χ1n) is 8.10. The van der Waals surface area contributed by atoms with Crippen molar-refractivity contribution >= 4 is 5.91 Å². The summed E-state index contributed by atoms with van der Waals surface area (Å²) in [6, 6.07) is 10.1. The molecule has 0 saturated heterocycles. The van der Waals surface area contributed by atoms with Crippen LogP contribution in [0.3, 0.4) is 0 Å². The van der Waals surface area contributed by atoms with E-state index in [4.69, 9.17) is 4.74 Å². The molecule has 3 rings (SSSR count). The van der Waals surface area contributed by atoms with E-state index < -0.39 is 0 Å². The van der Waals surface area contributed by atoms with Gasteiger partial charge in [-0.15, -0.1) is 0 Å². The molecule has 0 atom stereocenters. The van der Waals surface area contributed by atoms with Crippen molar-refractivity contribution in [3.8, 4) is 11.5 Å². The maximum absolute atomic E-state index is 13.0. The van der Waals surface area contributed by atoms with Crippen LogP contribution in [0.25, 0.3) is 0 Å². The van der Waals surface area contributed by atoms with Gasteiger partial charge in [-0.05, 0) is 65.9 Å². The summed E-state index contributed by atoms with van der Waals surface area (Å²) in [6.45, 7) is 6.90. The van der Waals surface area contributed by atoms with Crippen LogP contribution in [0.15, 0.2) is 49.1 Å². The van der Waals surface area contributed by atoms with Crippen LogP contribution in [0.2, 0.25) is 0 Å². The van der Waals surface area contributed by atoms with Gasteiger partial charge in [0.1, 0.15) is 17.3 Å². The molecule has 0 aliphatic carbocycles. The predicted molar refractivity (Wildman–Crippen MR) is 91.6 cm³/mol. The number of carbonyl (C=O) groups is 1. The Morgan fingerprint density at radius 1 is 1.29 bits per heavy atom. The summed E-state index contributed by atoms with van der Waals surface area (Å²) in [4.78, 5) is 13.6. The average Bonchev–Trinajstić information content (AvgIpc) is 2.61. The minimum absolute atomic E-state index is 0.0544. The van der Waals surface area contributed by atoms with Crippen LogP contribution in [-0.4, -0.2) is 17.4 Å². The predicted octanol–water partition coefficient (Wildman–Crippen LogP) is 4.25. The lowest BCUT2D eigenvalue weighted by atomic mass is 9.95. The van der Waals surface area contributed by atoms with E-state index >= 15 is 0 Å². The molecule has 4 heteroatoms. The highest BCUT2D eigenvalue weighted by Crippen LogP contribution is 2.32. The zero-order valence-corrected chi connectivity index (χ0v) is 13.7. The molecular formula is C20H20FNO2. The van der Waals surface area contributed by atoms with Gasteiger partial charge in [0.05, 0.1) is 0 Å². The Labute approximate surface area is 141 Å². The Balaban J connectivity index is 1.90. The van der Waals surface area contributed by atoms with Crippen LogP contribution in [0.4, 0.5) is 4.39 Å². The summed E-state index contributed by atoms with van der Waals surface area (Å²) in [5, 5.41) is 0. The number of hydrogen-bond acceptors (Lipinski definition) is 2. The number of ether oxygens (including phenoxy) is 1. The molecule has 0 saturated carbocycles. The van der Waals surface area contributed by atoms with Gasteiger partial charge in [-0.1, -0.05) is 19.6 Å². The Morgan fingerprint density at radius 3 is 2.71 bits per heavy atom. The molecule has 2 aromatic carbocycles. The highest BCUT2D eigenvalue weighted by molar-refractivity contribution is 5.87. The molecule has 0 unspecified atom stereocenters. The molecule has 3 nitrogen and oxygen atoms in total. The zero-order valence-electron chi connectivity index (χ0n) is 13.7. The Kier molecular flexibility index (Phi) is 4.65. The molecule has 0 fully saturated rings. The normalized spacial score (nSPS) is 13.3. The number of hydrogen-bond donors (Lipinski definition) is 0. The third kappa shape index (κ3) is 3.32. The van der Waals surface area contributed by atoms with Gasteiger partial charge in [-0.2, -0.15) is 0 Å². The van der Waals surface area contributed by atoms with Gasteiger partial charge < -0.3 is 9.64 Å². The highest BCUT2D eigenvalue weighted by Gasteiger charge is 2.21. The lowest BCUT2D eigenvalue weighted by Crippen LogP contribution is -2.34. The summed E-state index contributed by atoms with van der Waals surface area (Å²) in [5.74, 6) is 1.01. The maximum atomic E-state index is 13.0. The van der Waals surface area contributed by atoms with E-state index in [9.17, 15) is 9.18 Å². The molecule has 1 heterocycles. The molecular weight excluding hydrogens is 305 g/mol. The SMILES string of the molecule is C=CC(=O)N1CCc2cc(CC)c(Oc3ccc(F)cc3)cc2C1. The van der Waals surface area contributed by atoms with Crippen molar-refractivity contribution in [1.82, 2.24) is 4.90 Å². The molecule has 1 amide bonds. The number of halogens is 1.